The molecule has 0 saturated carbocycles. The number of rotatable bonds is 5. The average Bonchev–Trinajstić information content (AvgIpc) is 2.59. The molecule has 2 aromatic rings. The van der Waals surface area contributed by atoms with E-state index in [1.165, 1.54) is 18.2 Å². The Kier molecular flexibility index (Phi) is 5.23. The van der Waals surface area contributed by atoms with E-state index >= 15 is 0 Å². The maximum atomic E-state index is 12.9. The van der Waals surface area contributed by atoms with Gasteiger partial charge in [-0.2, -0.15) is 0 Å². The van der Waals surface area contributed by atoms with Gasteiger partial charge in [0.05, 0.1) is 0 Å². The normalized spacial score (nSPS) is 16.5. The van der Waals surface area contributed by atoms with Crippen LogP contribution in [0, 0.1) is 5.82 Å². The zero-order valence-corrected chi connectivity index (χ0v) is 13.7. The Morgan fingerprint density at radius 3 is 2.48 bits per heavy atom. The number of nitrogens with one attached hydrogen (secondary N) is 1. The molecular weight excluding hydrogens is 319 g/mol. The summed E-state index contributed by atoms with van der Waals surface area (Å²) >= 11 is 0. The highest BCUT2D eigenvalue weighted by Crippen LogP contribution is 2.18. The van der Waals surface area contributed by atoms with E-state index in [1.54, 1.807) is 23.1 Å². The molecule has 0 aromatic heterocycles. The van der Waals surface area contributed by atoms with Crippen LogP contribution in [-0.2, 0) is 16.1 Å². The Morgan fingerprint density at radius 1 is 1.12 bits per heavy atom. The lowest BCUT2D eigenvalue weighted by Gasteiger charge is -2.39. The van der Waals surface area contributed by atoms with Crippen LogP contribution in [0.15, 0.2) is 60.7 Å². The first-order valence-electron chi connectivity index (χ1n) is 8.19. The number of likely N-dealkylation sites (tertiary alicyclic amines) is 1. The van der Waals surface area contributed by atoms with E-state index < -0.39 is 6.04 Å². The second-order valence-electron chi connectivity index (χ2n) is 5.92. The predicted molar refractivity (Wildman–Crippen MR) is 93.8 cm³/mol. The zero-order chi connectivity index (χ0) is 17.6. The van der Waals surface area contributed by atoms with Crippen LogP contribution in [0.2, 0.25) is 0 Å². The molecule has 5 heteroatoms. The highest BCUT2D eigenvalue weighted by Gasteiger charge is 2.36. The van der Waals surface area contributed by atoms with Crippen molar-refractivity contribution < 1.29 is 14.0 Å². The van der Waals surface area contributed by atoms with Crippen LogP contribution in [-0.4, -0.2) is 29.3 Å². The SMILES string of the molecule is O=C(NCc1ccc(F)cc1)C1CCN1C(=O)/C=C/c1ccccc1. The van der Waals surface area contributed by atoms with E-state index in [0.29, 0.717) is 19.5 Å². The van der Waals surface area contributed by atoms with Crippen molar-refractivity contribution in [2.75, 3.05) is 6.54 Å². The van der Waals surface area contributed by atoms with E-state index in [0.717, 1.165) is 11.1 Å². The molecule has 0 spiro atoms. The molecule has 128 valence electrons. The molecule has 1 fully saturated rings. The molecule has 1 aliphatic heterocycles. The van der Waals surface area contributed by atoms with Crippen molar-refractivity contribution in [2.24, 2.45) is 0 Å². The number of carbonyl (C=O) groups is 2. The summed E-state index contributed by atoms with van der Waals surface area (Å²) in [6.45, 7) is 0.893. The lowest BCUT2D eigenvalue weighted by molar-refractivity contribution is -0.143. The van der Waals surface area contributed by atoms with Crippen LogP contribution >= 0.6 is 0 Å². The number of nitrogens with zero attached hydrogens (tertiary/aromatic N) is 1. The summed E-state index contributed by atoms with van der Waals surface area (Å²) in [7, 11) is 0. The number of halogens is 1. The van der Waals surface area contributed by atoms with Gasteiger partial charge < -0.3 is 10.2 Å². The molecule has 2 aromatic carbocycles. The molecule has 0 aliphatic carbocycles. The molecule has 2 amide bonds. The summed E-state index contributed by atoms with van der Waals surface area (Å²) < 4.78 is 12.9. The van der Waals surface area contributed by atoms with Gasteiger partial charge in [-0.05, 0) is 35.8 Å². The second kappa shape index (κ2) is 7.75. The fourth-order valence-electron chi connectivity index (χ4n) is 2.66. The highest BCUT2D eigenvalue weighted by atomic mass is 19.1. The van der Waals surface area contributed by atoms with Crippen molar-refractivity contribution in [3.05, 3.63) is 77.6 Å². The van der Waals surface area contributed by atoms with Crippen LogP contribution < -0.4 is 5.32 Å². The van der Waals surface area contributed by atoms with Crippen LogP contribution in [0.3, 0.4) is 0 Å². The summed E-state index contributed by atoms with van der Waals surface area (Å²) in [6, 6.07) is 15.1. The zero-order valence-electron chi connectivity index (χ0n) is 13.7. The number of hydrogen-bond acceptors (Lipinski definition) is 2. The fourth-order valence-corrected chi connectivity index (χ4v) is 2.66. The number of carbonyl (C=O) groups excluding carboxylic acids is 2. The third-order valence-corrected chi connectivity index (χ3v) is 4.20. The minimum Gasteiger partial charge on any atom is -0.350 e. The monoisotopic (exact) mass is 338 g/mol. The van der Waals surface area contributed by atoms with E-state index in [-0.39, 0.29) is 17.6 Å². The molecule has 1 heterocycles. The molecular formula is C20H19FN2O2. The summed E-state index contributed by atoms with van der Waals surface area (Å²) in [6.07, 6.45) is 3.89. The Morgan fingerprint density at radius 2 is 1.84 bits per heavy atom. The Balaban J connectivity index is 1.52. The van der Waals surface area contributed by atoms with Gasteiger partial charge in [0.2, 0.25) is 11.8 Å². The minimum atomic E-state index is -0.437. The highest BCUT2D eigenvalue weighted by molar-refractivity contribution is 5.96. The molecule has 4 nitrogen and oxygen atoms in total. The van der Waals surface area contributed by atoms with Gasteiger partial charge in [-0.25, -0.2) is 4.39 Å². The van der Waals surface area contributed by atoms with Crippen molar-refractivity contribution in [1.29, 1.82) is 0 Å². The third kappa shape index (κ3) is 4.32. The topological polar surface area (TPSA) is 49.4 Å². The minimum absolute atomic E-state index is 0.169. The summed E-state index contributed by atoms with van der Waals surface area (Å²) in [5.74, 6) is -0.662. The van der Waals surface area contributed by atoms with Crippen molar-refractivity contribution in [3.8, 4) is 0 Å². The van der Waals surface area contributed by atoms with Gasteiger partial charge in [-0.3, -0.25) is 9.59 Å². The lowest BCUT2D eigenvalue weighted by Crippen LogP contribution is -2.57. The standard InChI is InChI=1S/C20H19FN2O2/c21-17-9-6-16(7-10-17)14-22-20(25)18-12-13-23(18)19(24)11-8-15-4-2-1-3-5-15/h1-11,18H,12-14H2,(H,22,25)/b11-8+. The first-order valence-corrected chi connectivity index (χ1v) is 8.19. The molecule has 0 bridgehead atoms. The fraction of sp³-hybridized carbons (Fsp3) is 0.200. The average molecular weight is 338 g/mol. The summed E-state index contributed by atoms with van der Waals surface area (Å²) in [5.41, 5.74) is 1.75. The maximum absolute atomic E-state index is 12.9. The molecule has 1 saturated heterocycles. The van der Waals surface area contributed by atoms with Crippen LogP contribution in [0.5, 0.6) is 0 Å². The van der Waals surface area contributed by atoms with Gasteiger partial charge in [0.1, 0.15) is 11.9 Å². The van der Waals surface area contributed by atoms with E-state index in [9.17, 15) is 14.0 Å². The molecule has 1 N–H and O–H groups in total. The molecule has 1 atom stereocenters. The lowest BCUT2D eigenvalue weighted by atomic mass is 10.0. The van der Waals surface area contributed by atoms with Gasteiger partial charge in [-0.1, -0.05) is 42.5 Å². The summed E-state index contributed by atoms with van der Waals surface area (Å²) in [4.78, 5) is 26.0. The Labute approximate surface area is 146 Å². The van der Waals surface area contributed by atoms with Gasteiger partial charge in [-0.15, -0.1) is 0 Å². The molecule has 3 rings (SSSR count). The molecule has 1 unspecified atom stereocenters. The largest absolute Gasteiger partial charge is 0.350 e. The Bertz CT molecular complexity index is 772. The van der Waals surface area contributed by atoms with Crippen molar-refractivity contribution in [3.63, 3.8) is 0 Å². The molecule has 25 heavy (non-hydrogen) atoms. The smallest absolute Gasteiger partial charge is 0.247 e. The quantitative estimate of drug-likeness (QED) is 0.852. The number of hydrogen-bond donors (Lipinski definition) is 1. The van der Waals surface area contributed by atoms with Crippen molar-refractivity contribution in [1.82, 2.24) is 10.2 Å². The molecule has 0 radical (unpaired) electrons. The van der Waals surface area contributed by atoms with E-state index in [1.807, 2.05) is 30.3 Å². The van der Waals surface area contributed by atoms with Gasteiger partial charge in [0, 0.05) is 19.2 Å². The van der Waals surface area contributed by atoms with Crippen LogP contribution in [0.4, 0.5) is 4.39 Å². The van der Waals surface area contributed by atoms with Gasteiger partial charge >= 0.3 is 0 Å². The van der Waals surface area contributed by atoms with Gasteiger partial charge in [0.25, 0.3) is 0 Å². The van der Waals surface area contributed by atoms with Gasteiger partial charge in [0.15, 0.2) is 0 Å². The maximum Gasteiger partial charge on any atom is 0.247 e. The first-order chi connectivity index (χ1) is 12.1. The van der Waals surface area contributed by atoms with Crippen LogP contribution in [0.25, 0.3) is 6.08 Å². The number of benzene rings is 2. The van der Waals surface area contributed by atoms with E-state index in [2.05, 4.69) is 5.32 Å². The Hall–Kier alpha value is -2.95. The number of amides is 2. The van der Waals surface area contributed by atoms with E-state index in [4.69, 9.17) is 0 Å². The first kappa shape index (κ1) is 16.9. The predicted octanol–water partition coefficient (Wildman–Crippen LogP) is 2.76. The molecule has 1 aliphatic rings. The van der Waals surface area contributed by atoms with Crippen LogP contribution in [0.1, 0.15) is 17.5 Å². The third-order valence-electron chi connectivity index (χ3n) is 4.20. The summed E-state index contributed by atoms with van der Waals surface area (Å²) in [5, 5.41) is 2.80. The van der Waals surface area contributed by atoms with Crippen molar-refractivity contribution in [2.45, 2.75) is 19.0 Å². The van der Waals surface area contributed by atoms with Crippen molar-refractivity contribution >= 4 is 17.9 Å². The second-order valence-corrected chi connectivity index (χ2v) is 5.92.